The Balaban J connectivity index is 1.51. The third-order valence-electron chi connectivity index (χ3n) is 4.92. The van der Waals surface area contributed by atoms with Gasteiger partial charge in [0.15, 0.2) is 11.5 Å². The van der Waals surface area contributed by atoms with E-state index in [1.54, 1.807) is 23.6 Å². The van der Waals surface area contributed by atoms with Crippen LogP contribution in [0.25, 0.3) is 10.6 Å². The van der Waals surface area contributed by atoms with Crippen molar-refractivity contribution in [2.75, 3.05) is 20.2 Å². The topological polar surface area (TPSA) is 51.7 Å². The van der Waals surface area contributed by atoms with Crippen molar-refractivity contribution in [2.45, 2.75) is 19.4 Å². The molecule has 1 saturated heterocycles. The highest BCUT2D eigenvalue weighted by Crippen LogP contribution is 2.34. The van der Waals surface area contributed by atoms with Crippen molar-refractivity contribution in [1.82, 2.24) is 9.88 Å². The second-order valence-corrected chi connectivity index (χ2v) is 7.79. The molecule has 0 bridgehead atoms. The van der Waals surface area contributed by atoms with Crippen LogP contribution in [-0.4, -0.2) is 36.0 Å². The number of carbonyl (C=O) groups excluding carboxylic acids is 1. The molecule has 4 rings (SSSR count). The zero-order valence-corrected chi connectivity index (χ0v) is 17.2. The number of ether oxygens (including phenoxy) is 2. The van der Waals surface area contributed by atoms with E-state index < -0.39 is 11.6 Å². The first-order chi connectivity index (χ1) is 14.5. The third-order valence-corrected chi connectivity index (χ3v) is 5.81. The van der Waals surface area contributed by atoms with Crippen LogP contribution in [-0.2, 0) is 6.61 Å². The average Bonchev–Trinajstić information content (AvgIpc) is 3.46. The van der Waals surface area contributed by atoms with Crippen molar-refractivity contribution in [2.24, 2.45) is 0 Å². The van der Waals surface area contributed by atoms with Crippen molar-refractivity contribution in [1.29, 1.82) is 0 Å². The fourth-order valence-electron chi connectivity index (χ4n) is 3.32. The first-order valence-corrected chi connectivity index (χ1v) is 10.4. The Hall–Kier alpha value is -3.00. The monoisotopic (exact) mass is 430 g/mol. The van der Waals surface area contributed by atoms with Crippen LogP contribution in [0.15, 0.2) is 41.8 Å². The first-order valence-electron chi connectivity index (χ1n) is 9.55. The zero-order valence-electron chi connectivity index (χ0n) is 16.4. The number of amides is 1. The van der Waals surface area contributed by atoms with Gasteiger partial charge in [0.25, 0.3) is 5.91 Å². The minimum Gasteiger partial charge on any atom is -0.493 e. The second-order valence-electron chi connectivity index (χ2n) is 6.93. The van der Waals surface area contributed by atoms with Gasteiger partial charge in [0.1, 0.15) is 28.9 Å². The summed E-state index contributed by atoms with van der Waals surface area (Å²) in [5.41, 5.74) is 1.34. The summed E-state index contributed by atoms with van der Waals surface area (Å²) in [6.07, 6.45) is 2.06. The minimum atomic E-state index is -0.537. The molecule has 0 radical (unpaired) electrons. The Bertz CT molecular complexity index is 1060. The van der Waals surface area contributed by atoms with Crippen molar-refractivity contribution >= 4 is 17.2 Å². The van der Waals surface area contributed by atoms with Crippen molar-refractivity contribution in [3.05, 3.63) is 64.7 Å². The molecule has 1 amide bonds. The molecule has 0 spiro atoms. The number of thiazole rings is 1. The quantitative estimate of drug-likeness (QED) is 0.558. The number of hydrogen-bond acceptors (Lipinski definition) is 5. The van der Waals surface area contributed by atoms with E-state index in [0.717, 1.165) is 49.7 Å². The predicted molar refractivity (Wildman–Crippen MR) is 110 cm³/mol. The van der Waals surface area contributed by atoms with Crippen LogP contribution in [0.3, 0.4) is 0 Å². The van der Waals surface area contributed by atoms with E-state index in [1.165, 1.54) is 18.4 Å². The summed E-state index contributed by atoms with van der Waals surface area (Å²) in [5, 5.41) is 2.46. The molecule has 3 aromatic rings. The lowest BCUT2D eigenvalue weighted by Crippen LogP contribution is -2.27. The Morgan fingerprint density at radius 3 is 2.70 bits per heavy atom. The Morgan fingerprint density at radius 2 is 1.93 bits per heavy atom. The summed E-state index contributed by atoms with van der Waals surface area (Å²) in [5.74, 6) is -0.272. The van der Waals surface area contributed by atoms with Gasteiger partial charge >= 0.3 is 0 Å². The molecule has 1 fully saturated rings. The Labute approximate surface area is 176 Å². The van der Waals surface area contributed by atoms with Crippen molar-refractivity contribution in [3.63, 3.8) is 0 Å². The van der Waals surface area contributed by atoms with Crippen LogP contribution in [0.5, 0.6) is 11.5 Å². The molecule has 0 atom stereocenters. The molecule has 0 N–H and O–H groups in total. The van der Waals surface area contributed by atoms with Gasteiger partial charge in [-0.1, -0.05) is 0 Å². The van der Waals surface area contributed by atoms with Gasteiger partial charge in [0.05, 0.1) is 7.11 Å². The summed E-state index contributed by atoms with van der Waals surface area (Å²) in [7, 11) is 1.50. The second kappa shape index (κ2) is 8.79. The maximum absolute atomic E-state index is 13.8. The van der Waals surface area contributed by atoms with E-state index in [1.807, 2.05) is 4.90 Å². The highest BCUT2D eigenvalue weighted by molar-refractivity contribution is 7.13. The number of carbonyl (C=O) groups is 1. The Morgan fingerprint density at radius 1 is 1.13 bits per heavy atom. The van der Waals surface area contributed by atoms with Crippen LogP contribution in [0, 0.1) is 11.6 Å². The minimum absolute atomic E-state index is 0.0426. The highest BCUT2D eigenvalue weighted by Gasteiger charge is 2.22. The average molecular weight is 430 g/mol. The van der Waals surface area contributed by atoms with Crippen molar-refractivity contribution in [3.8, 4) is 22.1 Å². The smallest absolute Gasteiger partial charge is 0.273 e. The third kappa shape index (κ3) is 4.28. The molecule has 30 heavy (non-hydrogen) atoms. The number of aromatic nitrogens is 1. The number of likely N-dealkylation sites (tertiary alicyclic amines) is 1. The number of methoxy groups -OCH3 is 1. The van der Waals surface area contributed by atoms with E-state index in [4.69, 9.17) is 9.47 Å². The summed E-state index contributed by atoms with van der Waals surface area (Å²) in [6, 6.07) is 8.46. The van der Waals surface area contributed by atoms with Crippen LogP contribution in [0.2, 0.25) is 0 Å². The van der Waals surface area contributed by atoms with Crippen LogP contribution in [0.1, 0.15) is 28.9 Å². The first kappa shape index (κ1) is 20.3. The Kier molecular flexibility index (Phi) is 5.94. The van der Waals surface area contributed by atoms with E-state index in [0.29, 0.717) is 22.2 Å². The van der Waals surface area contributed by atoms with E-state index >= 15 is 0 Å². The molecule has 2 heterocycles. The number of nitrogens with zero attached hydrogens (tertiary/aromatic N) is 2. The zero-order chi connectivity index (χ0) is 21.1. The molecule has 156 valence electrons. The van der Waals surface area contributed by atoms with Gasteiger partial charge in [-0.25, -0.2) is 13.8 Å². The van der Waals surface area contributed by atoms with E-state index in [9.17, 15) is 13.6 Å². The lowest BCUT2D eigenvalue weighted by atomic mass is 10.2. The largest absolute Gasteiger partial charge is 0.493 e. The molecule has 1 aliphatic rings. The van der Waals surface area contributed by atoms with Gasteiger partial charge < -0.3 is 14.4 Å². The SMILES string of the molecule is COc1cc(-c2nc(C(=O)N3CCCC3)cs2)ccc1OCc1cc(F)ccc1F. The number of benzene rings is 2. The standard InChI is InChI=1S/C22H20F2N2O3S/c1-28-20-11-14(21-25-18(13-30-21)22(27)26-8-2-3-9-26)4-7-19(20)29-12-15-10-16(23)5-6-17(15)24/h4-7,10-11,13H,2-3,8-9,12H2,1H3. The van der Waals surface area contributed by atoms with Crippen LogP contribution < -0.4 is 9.47 Å². The molecule has 1 aromatic heterocycles. The highest BCUT2D eigenvalue weighted by atomic mass is 32.1. The molecule has 5 nitrogen and oxygen atoms in total. The maximum Gasteiger partial charge on any atom is 0.273 e. The maximum atomic E-state index is 13.8. The summed E-state index contributed by atoms with van der Waals surface area (Å²) in [6.45, 7) is 1.42. The molecule has 0 unspecified atom stereocenters. The fraction of sp³-hybridized carbons (Fsp3) is 0.273. The lowest BCUT2D eigenvalue weighted by molar-refractivity contribution is 0.0788. The lowest BCUT2D eigenvalue weighted by Gasteiger charge is -2.13. The summed E-state index contributed by atoms with van der Waals surface area (Å²) < 4.78 is 38.2. The van der Waals surface area contributed by atoms with Gasteiger partial charge in [-0.3, -0.25) is 4.79 Å². The van der Waals surface area contributed by atoms with Gasteiger partial charge in [-0.2, -0.15) is 0 Å². The van der Waals surface area contributed by atoms with Crippen LogP contribution in [0.4, 0.5) is 8.78 Å². The molecule has 0 aliphatic carbocycles. The number of hydrogen-bond donors (Lipinski definition) is 0. The number of rotatable bonds is 6. The molecular formula is C22H20F2N2O3S. The van der Waals surface area contributed by atoms with Gasteiger partial charge in [-0.15, -0.1) is 11.3 Å². The van der Waals surface area contributed by atoms with Crippen LogP contribution >= 0.6 is 11.3 Å². The number of halogens is 2. The van der Waals surface area contributed by atoms with Crippen molar-refractivity contribution < 1.29 is 23.0 Å². The molecule has 2 aromatic carbocycles. The summed E-state index contributed by atoms with van der Waals surface area (Å²) >= 11 is 1.38. The van der Waals surface area contributed by atoms with E-state index in [2.05, 4.69) is 4.98 Å². The molecular weight excluding hydrogens is 410 g/mol. The van der Waals surface area contributed by atoms with Gasteiger partial charge in [0.2, 0.25) is 0 Å². The van der Waals surface area contributed by atoms with Gasteiger partial charge in [-0.05, 0) is 49.2 Å². The molecule has 0 saturated carbocycles. The van der Waals surface area contributed by atoms with E-state index in [-0.39, 0.29) is 18.1 Å². The summed E-state index contributed by atoms with van der Waals surface area (Å²) in [4.78, 5) is 18.8. The van der Waals surface area contributed by atoms with Gasteiger partial charge in [0, 0.05) is 29.6 Å². The predicted octanol–water partition coefficient (Wildman–Crippen LogP) is 4.91. The fourth-order valence-corrected chi connectivity index (χ4v) is 4.11. The molecule has 8 heteroatoms. The molecule has 1 aliphatic heterocycles. The normalized spacial score (nSPS) is 13.5.